The van der Waals surface area contributed by atoms with Crippen LogP contribution in [0.3, 0.4) is 0 Å². The molecule has 0 fully saturated rings. The second kappa shape index (κ2) is 7.47. The Morgan fingerprint density at radius 3 is 2.77 bits per heavy atom. The average Bonchev–Trinajstić information content (AvgIpc) is 2.97. The van der Waals surface area contributed by atoms with Gasteiger partial charge in [0.05, 0.1) is 5.75 Å². The van der Waals surface area contributed by atoms with Gasteiger partial charge in [-0.25, -0.2) is 8.42 Å². The topological polar surface area (TPSA) is 75.7 Å². The molecule has 0 atom stereocenters. The van der Waals surface area contributed by atoms with Gasteiger partial charge in [-0.2, -0.15) is 0 Å². The molecular weight excluding hydrogens is 352 g/mol. The lowest BCUT2D eigenvalue weighted by atomic mass is 10.1. The second-order valence-electron chi connectivity index (χ2n) is 6.42. The summed E-state index contributed by atoms with van der Waals surface area (Å²) in [5.41, 5.74) is 4.04. The van der Waals surface area contributed by atoms with E-state index in [-0.39, 0.29) is 18.3 Å². The maximum absolute atomic E-state index is 12.4. The van der Waals surface area contributed by atoms with Crippen LogP contribution < -0.4 is 9.62 Å². The van der Waals surface area contributed by atoms with Gasteiger partial charge in [-0.3, -0.25) is 9.52 Å². The summed E-state index contributed by atoms with van der Waals surface area (Å²) in [6.07, 6.45) is 0.693. The third-order valence-electron chi connectivity index (χ3n) is 4.26. The molecule has 0 bridgehead atoms. The summed E-state index contributed by atoms with van der Waals surface area (Å²) in [7, 11) is -2.02. The second-order valence-corrected chi connectivity index (χ2v) is 8.14. The zero-order valence-electron chi connectivity index (χ0n) is 14.9. The van der Waals surface area contributed by atoms with Crippen molar-refractivity contribution in [2.75, 3.05) is 29.9 Å². The van der Waals surface area contributed by atoms with Crippen molar-refractivity contribution in [2.45, 2.75) is 19.1 Å². The van der Waals surface area contributed by atoms with Crippen molar-refractivity contribution in [3.8, 4) is 0 Å². The molecule has 0 radical (unpaired) electrons. The highest BCUT2D eigenvalue weighted by atomic mass is 32.2. The number of anilines is 2. The predicted molar refractivity (Wildman–Crippen MR) is 102 cm³/mol. The first-order valence-electron chi connectivity index (χ1n) is 8.36. The quantitative estimate of drug-likeness (QED) is 0.843. The Morgan fingerprint density at radius 1 is 1.23 bits per heavy atom. The number of hydrogen-bond acceptors (Lipinski definition) is 4. The largest absolute Gasteiger partial charge is 0.375 e. The van der Waals surface area contributed by atoms with E-state index >= 15 is 0 Å². The first-order chi connectivity index (χ1) is 12.4. The van der Waals surface area contributed by atoms with Crippen molar-refractivity contribution in [1.82, 2.24) is 0 Å². The van der Waals surface area contributed by atoms with E-state index in [4.69, 9.17) is 4.74 Å². The van der Waals surface area contributed by atoms with Crippen LogP contribution >= 0.6 is 0 Å². The van der Waals surface area contributed by atoms with Gasteiger partial charge in [0.1, 0.15) is 6.61 Å². The fourth-order valence-corrected chi connectivity index (χ4v) is 4.34. The van der Waals surface area contributed by atoms with Crippen molar-refractivity contribution >= 4 is 27.3 Å². The van der Waals surface area contributed by atoms with Crippen molar-refractivity contribution in [3.05, 3.63) is 59.2 Å². The summed E-state index contributed by atoms with van der Waals surface area (Å²) in [5, 5.41) is 0. The van der Waals surface area contributed by atoms with Crippen LogP contribution in [0.2, 0.25) is 0 Å². The number of carbonyl (C=O) groups is 1. The van der Waals surface area contributed by atoms with E-state index in [1.165, 1.54) is 7.11 Å². The van der Waals surface area contributed by atoms with Gasteiger partial charge in [0.2, 0.25) is 10.0 Å². The monoisotopic (exact) mass is 374 g/mol. The number of nitrogens with one attached hydrogen (secondary N) is 1. The maximum atomic E-state index is 12.4. The minimum absolute atomic E-state index is 0.0321. The molecule has 7 heteroatoms. The van der Waals surface area contributed by atoms with Gasteiger partial charge in [0, 0.05) is 25.0 Å². The van der Waals surface area contributed by atoms with Crippen LogP contribution in [0.4, 0.5) is 11.4 Å². The number of sulfonamides is 1. The standard InChI is InChI=1S/C19H22N2O4S/c1-14-4-3-5-15(10-14)13-26(23,24)20-17-6-7-18-16(11-17)8-9-21(18)19(22)12-25-2/h3-7,10-11,20H,8-9,12-13H2,1-2H3. The van der Waals surface area contributed by atoms with Gasteiger partial charge >= 0.3 is 0 Å². The molecule has 2 aromatic rings. The Bertz CT molecular complexity index is 925. The summed E-state index contributed by atoms with van der Waals surface area (Å²) in [6, 6.07) is 12.7. The lowest BCUT2D eigenvalue weighted by Crippen LogP contribution is -2.31. The smallest absolute Gasteiger partial charge is 0.252 e. The Hall–Kier alpha value is -2.38. The summed E-state index contributed by atoms with van der Waals surface area (Å²) in [5.74, 6) is -0.177. The van der Waals surface area contributed by atoms with E-state index < -0.39 is 10.0 Å². The molecule has 26 heavy (non-hydrogen) atoms. The third kappa shape index (κ3) is 4.23. The first kappa shape index (κ1) is 18.4. The van der Waals surface area contributed by atoms with Crippen molar-refractivity contribution in [2.24, 2.45) is 0 Å². The van der Waals surface area contributed by atoms with E-state index in [2.05, 4.69) is 4.72 Å². The van der Waals surface area contributed by atoms with Gasteiger partial charge in [-0.1, -0.05) is 29.8 Å². The van der Waals surface area contributed by atoms with E-state index in [0.29, 0.717) is 18.7 Å². The Kier molecular flexibility index (Phi) is 5.29. The number of rotatable bonds is 6. The number of hydrogen-bond donors (Lipinski definition) is 1. The third-order valence-corrected chi connectivity index (χ3v) is 5.52. The number of carbonyl (C=O) groups excluding carboxylic acids is 1. The zero-order valence-corrected chi connectivity index (χ0v) is 15.7. The number of aryl methyl sites for hydroxylation is 1. The van der Waals surface area contributed by atoms with Crippen LogP contribution in [0.1, 0.15) is 16.7 Å². The minimum atomic E-state index is -3.51. The zero-order chi connectivity index (χ0) is 18.7. The van der Waals surface area contributed by atoms with Crippen LogP contribution in [-0.2, 0) is 31.7 Å². The molecule has 0 saturated heterocycles. The predicted octanol–water partition coefficient (Wildman–Crippen LogP) is 2.47. The molecule has 0 spiro atoms. The van der Waals surface area contributed by atoms with Gasteiger partial charge < -0.3 is 9.64 Å². The molecule has 0 aliphatic carbocycles. The van der Waals surface area contributed by atoms with Gasteiger partial charge in [-0.05, 0) is 42.7 Å². The van der Waals surface area contributed by atoms with Crippen molar-refractivity contribution in [1.29, 1.82) is 0 Å². The normalized spacial score (nSPS) is 13.5. The Morgan fingerprint density at radius 2 is 2.04 bits per heavy atom. The molecule has 0 unspecified atom stereocenters. The molecule has 2 aromatic carbocycles. The molecule has 0 saturated carbocycles. The number of fused-ring (bicyclic) bond motifs is 1. The molecule has 1 aliphatic rings. The fraction of sp³-hybridized carbons (Fsp3) is 0.316. The molecular formula is C19H22N2O4S. The number of ether oxygens (including phenoxy) is 1. The molecule has 1 N–H and O–H groups in total. The highest BCUT2D eigenvalue weighted by Gasteiger charge is 2.25. The van der Waals surface area contributed by atoms with Gasteiger partial charge in [0.25, 0.3) is 5.91 Å². The number of methoxy groups -OCH3 is 1. The van der Waals surface area contributed by atoms with E-state index in [1.807, 2.05) is 25.1 Å². The number of amides is 1. The summed E-state index contributed by atoms with van der Waals surface area (Å²) < 4.78 is 32.4. The Labute approximate surface area is 153 Å². The summed E-state index contributed by atoms with van der Waals surface area (Å²) in [6.45, 7) is 2.54. The number of nitrogens with zero attached hydrogens (tertiary/aromatic N) is 1. The molecule has 1 heterocycles. The molecule has 0 aromatic heterocycles. The van der Waals surface area contributed by atoms with Crippen LogP contribution in [0.25, 0.3) is 0 Å². The van der Waals surface area contributed by atoms with Crippen LogP contribution in [0, 0.1) is 6.92 Å². The van der Waals surface area contributed by atoms with E-state index in [0.717, 1.165) is 22.4 Å². The van der Waals surface area contributed by atoms with E-state index in [1.54, 1.807) is 29.2 Å². The molecule has 1 amide bonds. The summed E-state index contributed by atoms with van der Waals surface area (Å²) in [4.78, 5) is 13.7. The van der Waals surface area contributed by atoms with Crippen molar-refractivity contribution < 1.29 is 17.9 Å². The lowest BCUT2D eigenvalue weighted by Gasteiger charge is -2.17. The molecule has 138 valence electrons. The van der Waals surface area contributed by atoms with E-state index in [9.17, 15) is 13.2 Å². The van der Waals surface area contributed by atoms with Crippen LogP contribution in [0.5, 0.6) is 0 Å². The average molecular weight is 374 g/mol. The minimum Gasteiger partial charge on any atom is -0.375 e. The summed E-state index contributed by atoms with van der Waals surface area (Å²) >= 11 is 0. The Balaban J connectivity index is 1.74. The molecule has 6 nitrogen and oxygen atoms in total. The van der Waals surface area contributed by atoms with Crippen molar-refractivity contribution in [3.63, 3.8) is 0 Å². The SMILES string of the molecule is COCC(=O)N1CCc2cc(NS(=O)(=O)Cc3cccc(C)c3)ccc21. The fourth-order valence-electron chi connectivity index (χ4n) is 3.16. The first-order valence-corrected chi connectivity index (χ1v) is 10.0. The highest BCUT2D eigenvalue weighted by Crippen LogP contribution is 2.31. The van der Waals surface area contributed by atoms with Gasteiger partial charge in [0.15, 0.2) is 0 Å². The lowest BCUT2D eigenvalue weighted by molar-refractivity contribution is -0.122. The maximum Gasteiger partial charge on any atom is 0.252 e. The highest BCUT2D eigenvalue weighted by molar-refractivity contribution is 7.91. The van der Waals surface area contributed by atoms with Gasteiger partial charge in [-0.15, -0.1) is 0 Å². The number of benzene rings is 2. The van der Waals surface area contributed by atoms with Crippen LogP contribution in [0.15, 0.2) is 42.5 Å². The molecule has 1 aliphatic heterocycles. The molecule has 3 rings (SSSR count). The van der Waals surface area contributed by atoms with Crippen LogP contribution in [-0.4, -0.2) is 34.6 Å².